The second kappa shape index (κ2) is 5.41. The summed E-state index contributed by atoms with van der Waals surface area (Å²) in [6.07, 6.45) is 4.21. The molecule has 0 N–H and O–H groups in total. The van der Waals surface area contributed by atoms with Crippen LogP contribution in [0.15, 0.2) is 18.3 Å². The minimum atomic E-state index is 0.0154. The first kappa shape index (κ1) is 14.5. The Morgan fingerprint density at radius 1 is 1.33 bits per heavy atom. The van der Waals surface area contributed by atoms with Gasteiger partial charge in [0.15, 0.2) is 5.65 Å². The quantitative estimate of drug-likeness (QED) is 0.869. The Labute approximate surface area is 127 Å². The Kier molecular flexibility index (Phi) is 3.74. The zero-order chi connectivity index (χ0) is 15.0. The van der Waals surface area contributed by atoms with E-state index in [0.29, 0.717) is 0 Å². The molecule has 1 aliphatic heterocycles. The largest absolute Gasteiger partial charge is 0.307 e. The van der Waals surface area contributed by atoms with E-state index in [4.69, 9.17) is 4.98 Å². The van der Waals surface area contributed by atoms with E-state index in [-0.39, 0.29) is 5.54 Å². The highest BCUT2D eigenvalue weighted by Crippen LogP contribution is 2.27. The van der Waals surface area contributed by atoms with Crippen molar-refractivity contribution in [3.8, 4) is 0 Å². The minimum absolute atomic E-state index is 0.0154. The minimum Gasteiger partial charge on any atom is -0.307 e. The molecular formula is C17H26N4. The van der Waals surface area contributed by atoms with Gasteiger partial charge in [-0.1, -0.05) is 6.92 Å². The molecule has 3 heterocycles. The van der Waals surface area contributed by atoms with Gasteiger partial charge in [-0.2, -0.15) is 0 Å². The summed E-state index contributed by atoms with van der Waals surface area (Å²) >= 11 is 0. The van der Waals surface area contributed by atoms with E-state index in [0.717, 1.165) is 30.0 Å². The lowest BCUT2D eigenvalue weighted by Gasteiger charge is -2.25. The molecule has 0 aromatic carbocycles. The topological polar surface area (TPSA) is 34.0 Å². The zero-order valence-electron chi connectivity index (χ0n) is 13.6. The second-order valence-electron chi connectivity index (χ2n) is 7.13. The number of aromatic nitrogens is 3. The Bertz CT molecular complexity index is 623. The van der Waals surface area contributed by atoms with E-state index < -0.39 is 0 Å². The van der Waals surface area contributed by atoms with Crippen molar-refractivity contribution in [1.82, 2.24) is 19.4 Å². The van der Waals surface area contributed by atoms with Crippen molar-refractivity contribution >= 4 is 11.2 Å². The summed E-state index contributed by atoms with van der Waals surface area (Å²) in [7, 11) is 0. The predicted octanol–water partition coefficient (Wildman–Crippen LogP) is 3.07. The summed E-state index contributed by atoms with van der Waals surface area (Å²) in [5.41, 5.74) is 2.06. The number of likely N-dealkylation sites (tertiary alicyclic amines) is 1. The maximum absolute atomic E-state index is 4.88. The molecule has 4 heteroatoms. The monoisotopic (exact) mass is 286 g/mol. The third-order valence-corrected chi connectivity index (χ3v) is 4.44. The van der Waals surface area contributed by atoms with Crippen LogP contribution in [0.1, 0.15) is 39.9 Å². The van der Waals surface area contributed by atoms with Crippen LogP contribution in [0.5, 0.6) is 0 Å². The first-order valence-corrected chi connectivity index (χ1v) is 8.04. The Hall–Kier alpha value is -1.42. The van der Waals surface area contributed by atoms with E-state index in [1.165, 1.54) is 25.3 Å². The van der Waals surface area contributed by atoms with Gasteiger partial charge in [-0.15, -0.1) is 0 Å². The summed E-state index contributed by atoms with van der Waals surface area (Å²) in [4.78, 5) is 12.0. The number of pyridine rings is 1. The molecule has 1 fully saturated rings. The Balaban J connectivity index is 1.94. The molecule has 0 spiro atoms. The van der Waals surface area contributed by atoms with Crippen molar-refractivity contribution in [1.29, 1.82) is 0 Å². The lowest BCUT2D eigenvalue weighted by Crippen LogP contribution is -2.26. The van der Waals surface area contributed by atoms with Gasteiger partial charge in [-0.25, -0.2) is 9.97 Å². The first-order valence-electron chi connectivity index (χ1n) is 8.04. The zero-order valence-corrected chi connectivity index (χ0v) is 13.6. The lowest BCUT2D eigenvalue weighted by molar-refractivity contribution is 0.335. The van der Waals surface area contributed by atoms with Crippen LogP contribution in [0.3, 0.4) is 0 Å². The average Bonchev–Trinajstić information content (AvgIpc) is 3.01. The van der Waals surface area contributed by atoms with Crippen LogP contribution in [0.4, 0.5) is 0 Å². The van der Waals surface area contributed by atoms with Crippen LogP contribution in [-0.2, 0) is 12.0 Å². The summed E-state index contributed by atoms with van der Waals surface area (Å²) in [5, 5.41) is 0. The van der Waals surface area contributed by atoms with Gasteiger partial charge in [0, 0.05) is 24.7 Å². The van der Waals surface area contributed by atoms with Gasteiger partial charge >= 0.3 is 0 Å². The average molecular weight is 286 g/mol. The van der Waals surface area contributed by atoms with Gasteiger partial charge in [0.25, 0.3) is 0 Å². The maximum Gasteiger partial charge on any atom is 0.160 e. The molecule has 3 rings (SSSR count). The van der Waals surface area contributed by atoms with Crippen LogP contribution in [-0.4, -0.2) is 39.1 Å². The second-order valence-corrected chi connectivity index (χ2v) is 7.13. The van der Waals surface area contributed by atoms with Gasteiger partial charge in [0.1, 0.15) is 11.3 Å². The molecule has 114 valence electrons. The lowest BCUT2D eigenvalue weighted by atomic mass is 10.0. The first-order chi connectivity index (χ1) is 9.99. The summed E-state index contributed by atoms with van der Waals surface area (Å²) in [6, 6.07) is 4.04. The molecule has 0 bridgehead atoms. The van der Waals surface area contributed by atoms with Crippen LogP contribution in [0.2, 0.25) is 0 Å². The molecule has 1 unspecified atom stereocenters. The molecule has 0 aliphatic carbocycles. The molecule has 4 nitrogen and oxygen atoms in total. The molecule has 1 atom stereocenters. The number of hydrogen-bond donors (Lipinski definition) is 0. The smallest absolute Gasteiger partial charge is 0.160 e. The highest BCUT2D eigenvalue weighted by molar-refractivity contribution is 5.71. The summed E-state index contributed by atoms with van der Waals surface area (Å²) in [5.74, 6) is 1.92. The molecule has 21 heavy (non-hydrogen) atoms. The van der Waals surface area contributed by atoms with E-state index >= 15 is 0 Å². The SMILES string of the molecule is CCN1CCC(Cc2nc3cccnc3n2C(C)(C)C)C1. The fourth-order valence-corrected chi connectivity index (χ4v) is 3.43. The van der Waals surface area contributed by atoms with Gasteiger partial charge in [-0.05, 0) is 58.3 Å². The standard InChI is InChI=1S/C17H26N4/c1-5-20-10-8-13(12-20)11-15-19-14-7-6-9-18-16(14)21(15)17(2,3)4/h6-7,9,13H,5,8,10-12H2,1-4H3. The number of imidazole rings is 1. The maximum atomic E-state index is 4.88. The summed E-state index contributed by atoms with van der Waals surface area (Å²) in [6.45, 7) is 12.6. The van der Waals surface area contributed by atoms with Crippen molar-refractivity contribution in [2.24, 2.45) is 5.92 Å². The molecule has 0 radical (unpaired) electrons. The van der Waals surface area contributed by atoms with Crippen LogP contribution < -0.4 is 0 Å². The Morgan fingerprint density at radius 2 is 2.14 bits per heavy atom. The van der Waals surface area contributed by atoms with Crippen molar-refractivity contribution in [2.75, 3.05) is 19.6 Å². The van der Waals surface area contributed by atoms with Crippen molar-refractivity contribution < 1.29 is 0 Å². The van der Waals surface area contributed by atoms with Crippen LogP contribution >= 0.6 is 0 Å². The molecule has 0 saturated carbocycles. The molecule has 1 aliphatic rings. The summed E-state index contributed by atoms with van der Waals surface area (Å²) < 4.78 is 2.33. The Morgan fingerprint density at radius 3 is 2.81 bits per heavy atom. The van der Waals surface area contributed by atoms with E-state index in [9.17, 15) is 0 Å². The molecular weight excluding hydrogens is 260 g/mol. The molecule has 2 aromatic heterocycles. The van der Waals surface area contributed by atoms with Gasteiger partial charge in [-0.3, -0.25) is 0 Å². The third-order valence-electron chi connectivity index (χ3n) is 4.44. The van der Waals surface area contributed by atoms with E-state index in [2.05, 4.69) is 48.2 Å². The highest BCUT2D eigenvalue weighted by atomic mass is 15.2. The highest BCUT2D eigenvalue weighted by Gasteiger charge is 2.27. The normalized spacial score (nSPS) is 20.5. The van der Waals surface area contributed by atoms with Crippen molar-refractivity contribution in [3.05, 3.63) is 24.2 Å². The van der Waals surface area contributed by atoms with Crippen molar-refractivity contribution in [2.45, 2.75) is 46.1 Å². The fourth-order valence-electron chi connectivity index (χ4n) is 3.43. The van der Waals surface area contributed by atoms with E-state index in [1.54, 1.807) is 0 Å². The van der Waals surface area contributed by atoms with Crippen LogP contribution in [0, 0.1) is 5.92 Å². The molecule has 2 aromatic rings. The van der Waals surface area contributed by atoms with Gasteiger partial charge < -0.3 is 9.47 Å². The van der Waals surface area contributed by atoms with Gasteiger partial charge in [0.2, 0.25) is 0 Å². The molecule has 0 amide bonds. The number of hydrogen-bond acceptors (Lipinski definition) is 3. The van der Waals surface area contributed by atoms with Gasteiger partial charge in [0.05, 0.1) is 0 Å². The fraction of sp³-hybridized carbons (Fsp3) is 0.647. The van der Waals surface area contributed by atoms with E-state index in [1.807, 2.05) is 12.3 Å². The number of nitrogens with zero attached hydrogens (tertiary/aromatic N) is 4. The van der Waals surface area contributed by atoms with Crippen LogP contribution in [0.25, 0.3) is 11.2 Å². The predicted molar refractivity (Wildman–Crippen MR) is 86.4 cm³/mol. The number of rotatable bonds is 3. The van der Waals surface area contributed by atoms with Crippen molar-refractivity contribution in [3.63, 3.8) is 0 Å². The number of fused-ring (bicyclic) bond motifs is 1. The molecule has 1 saturated heterocycles. The third kappa shape index (κ3) is 2.82.